The van der Waals surface area contributed by atoms with Gasteiger partial charge >= 0.3 is 0 Å². The van der Waals surface area contributed by atoms with Crippen molar-refractivity contribution >= 4 is 23.3 Å². The largest absolute Gasteiger partial charge is 0.487 e. The maximum atomic E-state index is 13.2. The smallest absolute Gasteiger partial charge is 0.247 e. The Balaban J connectivity index is 1.28. The van der Waals surface area contributed by atoms with E-state index < -0.39 is 0 Å². The van der Waals surface area contributed by atoms with E-state index in [1.54, 1.807) is 17.4 Å². The number of carbonyl (C=O) groups excluding carboxylic acids is 1. The van der Waals surface area contributed by atoms with E-state index in [0.717, 1.165) is 39.8 Å². The Morgan fingerprint density at radius 1 is 1.09 bits per heavy atom. The van der Waals surface area contributed by atoms with Crippen LogP contribution in [-0.2, 0) is 17.9 Å². The first kappa shape index (κ1) is 21.2. The van der Waals surface area contributed by atoms with Crippen LogP contribution in [0, 0.1) is 6.92 Å². The number of aromatic nitrogens is 2. The summed E-state index contributed by atoms with van der Waals surface area (Å²) in [4.78, 5) is 19.6. The molecule has 0 N–H and O–H groups in total. The molecule has 6 heteroatoms. The van der Waals surface area contributed by atoms with Gasteiger partial charge in [-0.3, -0.25) is 4.79 Å². The average molecular weight is 456 g/mol. The highest BCUT2D eigenvalue weighted by atomic mass is 32.1. The molecule has 5 nitrogen and oxygen atoms in total. The lowest BCUT2D eigenvalue weighted by Crippen LogP contribution is -2.41. The SMILES string of the molecule is Cc1nc(COc2ccc(/C=C/C(=O)N3CCn4cccc4C3c3ccccc3)cc2)cs1. The van der Waals surface area contributed by atoms with Crippen LogP contribution in [0.2, 0.25) is 0 Å². The monoisotopic (exact) mass is 455 g/mol. The third kappa shape index (κ3) is 4.76. The summed E-state index contributed by atoms with van der Waals surface area (Å²) in [6, 6.07) is 22.0. The fourth-order valence-corrected chi connectivity index (χ4v) is 4.77. The second kappa shape index (κ2) is 9.46. The normalized spacial score (nSPS) is 15.5. The molecule has 5 rings (SSSR count). The molecule has 2 aromatic carbocycles. The van der Waals surface area contributed by atoms with Gasteiger partial charge in [-0.2, -0.15) is 0 Å². The van der Waals surface area contributed by atoms with Crippen LogP contribution in [0.3, 0.4) is 0 Å². The fraction of sp³-hybridized carbons (Fsp3) is 0.185. The van der Waals surface area contributed by atoms with Gasteiger partial charge in [-0.25, -0.2) is 4.98 Å². The molecule has 0 spiro atoms. The second-order valence-corrected chi connectivity index (χ2v) is 9.08. The molecule has 0 radical (unpaired) electrons. The predicted octanol–water partition coefficient (Wildman–Crippen LogP) is 5.48. The third-order valence-corrected chi connectivity index (χ3v) is 6.61. The van der Waals surface area contributed by atoms with Crippen LogP contribution in [0.1, 0.15) is 33.6 Å². The van der Waals surface area contributed by atoms with E-state index >= 15 is 0 Å². The number of aryl methyl sites for hydroxylation is 1. The number of nitrogens with zero attached hydrogens (tertiary/aromatic N) is 3. The lowest BCUT2D eigenvalue weighted by Gasteiger charge is -2.36. The van der Waals surface area contributed by atoms with E-state index in [9.17, 15) is 4.79 Å². The molecule has 2 aromatic heterocycles. The molecule has 0 aliphatic carbocycles. The summed E-state index contributed by atoms with van der Waals surface area (Å²) >= 11 is 1.62. The maximum absolute atomic E-state index is 13.2. The van der Waals surface area contributed by atoms with Gasteiger partial charge in [0.05, 0.1) is 16.7 Å². The summed E-state index contributed by atoms with van der Waals surface area (Å²) in [5, 5.41) is 3.05. The molecule has 1 unspecified atom stereocenters. The number of carbonyl (C=O) groups is 1. The zero-order chi connectivity index (χ0) is 22.6. The van der Waals surface area contributed by atoms with Gasteiger partial charge in [0.2, 0.25) is 5.91 Å². The summed E-state index contributed by atoms with van der Waals surface area (Å²) in [6.07, 6.45) is 5.62. The summed E-state index contributed by atoms with van der Waals surface area (Å²) < 4.78 is 8.05. The van der Waals surface area contributed by atoms with Crippen molar-refractivity contribution in [2.45, 2.75) is 26.1 Å². The van der Waals surface area contributed by atoms with Crippen molar-refractivity contribution in [1.82, 2.24) is 14.5 Å². The maximum Gasteiger partial charge on any atom is 0.247 e. The Morgan fingerprint density at radius 2 is 1.91 bits per heavy atom. The van der Waals surface area contributed by atoms with E-state index in [4.69, 9.17) is 4.74 Å². The number of thiazole rings is 1. The first-order chi connectivity index (χ1) is 16.2. The number of hydrogen-bond donors (Lipinski definition) is 0. The molecule has 33 heavy (non-hydrogen) atoms. The van der Waals surface area contributed by atoms with Crippen molar-refractivity contribution in [3.8, 4) is 5.75 Å². The molecule has 1 aliphatic rings. The molecule has 4 aromatic rings. The molecule has 0 saturated carbocycles. The first-order valence-electron chi connectivity index (χ1n) is 11.0. The van der Waals surface area contributed by atoms with Crippen molar-refractivity contribution in [3.05, 3.63) is 112 Å². The van der Waals surface area contributed by atoms with Crippen LogP contribution in [0.5, 0.6) is 5.75 Å². The van der Waals surface area contributed by atoms with Crippen LogP contribution in [0.4, 0.5) is 0 Å². The highest BCUT2D eigenvalue weighted by Crippen LogP contribution is 2.32. The lowest BCUT2D eigenvalue weighted by atomic mass is 10.00. The number of fused-ring (bicyclic) bond motifs is 1. The number of benzene rings is 2. The number of rotatable bonds is 6. The van der Waals surface area contributed by atoms with E-state index in [1.807, 2.05) is 71.8 Å². The van der Waals surface area contributed by atoms with Crippen molar-refractivity contribution in [3.63, 3.8) is 0 Å². The zero-order valence-corrected chi connectivity index (χ0v) is 19.2. The third-order valence-electron chi connectivity index (χ3n) is 5.79. The molecule has 1 aliphatic heterocycles. The van der Waals surface area contributed by atoms with E-state index in [-0.39, 0.29) is 11.9 Å². The first-order valence-corrected chi connectivity index (χ1v) is 11.9. The molecule has 0 fully saturated rings. The predicted molar refractivity (Wildman–Crippen MR) is 131 cm³/mol. The summed E-state index contributed by atoms with van der Waals surface area (Å²) in [5.74, 6) is 0.792. The quantitative estimate of drug-likeness (QED) is 0.362. The van der Waals surface area contributed by atoms with Crippen molar-refractivity contribution in [2.75, 3.05) is 6.54 Å². The molecular formula is C27H25N3O2S. The van der Waals surface area contributed by atoms with E-state index in [2.05, 4.69) is 33.9 Å². The standard InChI is InChI=1S/C27H25N3O2S/c1-20-28-23(19-33-20)18-32-24-12-9-21(10-13-24)11-14-26(31)30-17-16-29-15-5-8-25(29)27(30)22-6-3-2-4-7-22/h2-15,19,27H,16-18H2,1H3/b14-11+. The highest BCUT2D eigenvalue weighted by molar-refractivity contribution is 7.09. The van der Waals surface area contributed by atoms with E-state index in [1.165, 1.54) is 0 Å². The molecule has 1 amide bonds. The van der Waals surface area contributed by atoms with Crippen LogP contribution in [0.15, 0.2) is 84.4 Å². The number of hydrogen-bond acceptors (Lipinski definition) is 4. The fourth-order valence-electron chi connectivity index (χ4n) is 4.18. The van der Waals surface area contributed by atoms with Crippen LogP contribution < -0.4 is 4.74 Å². The van der Waals surface area contributed by atoms with Gasteiger partial charge in [0, 0.05) is 36.4 Å². The Bertz CT molecular complexity index is 1260. The summed E-state index contributed by atoms with van der Waals surface area (Å²) in [7, 11) is 0. The van der Waals surface area contributed by atoms with Gasteiger partial charge in [-0.05, 0) is 48.4 Å². The molecule has 1 atom stereocenters. The topological polar surface area (TPSA) is 47.4 Å². The molecule has 0 saturated heterocycles. The zero-order valence-electron chi connectivity index (χ0n) is 18.4. The van der Waals surface area contributed by atoms with Crippen molar-refractivity contribution in [1.29, 1.82) is 0 Å². The number of ether oxygens (including phenoxy) is 1. The van der Waals surface area contributed by atoms with Gasteiger partial charge < -0.3 is 14.2 Å². The average Bonchev–Trinajstić information content (AvgIpc) is 3.50. The Hall–Kier alpha value is -3.64. The van der Waals surface area contributed by atoms with Crippen molar-refractivity contribution < 1.29 is 9.53 Å². The minimum Gasteiger partial charge on any atom is -0.487 e. The van der Waals surface area contributed by atoms with Crippen LogP contribution >= 0.6 is 11.3 Å². The molecular weight excluding hydrogens is 430 g/mol. The minimum absolute atomic E-state index is 0.00975. The Labute approximate surface area is 197 Å². The van der Waals surface area contributed by atoms with Gasteiger partial charge in [0.25, 0.3) is 0 Å². The Kier molecular flexibility index (Phi) is 6.09. The summed E-state index contributed by atoms with van der Waals surface area (Å²) in [6.45, 7) is 3.92. The molecule has 0 bridgehead atoms. The lowest BCUT2D eigenvalue weighted by molar-refractivity contribution is -0.128. The van der Waals surface area contributed by atoms with Crippen LogP contribution in [0.25, 0.3) is 6.08 Å². The van der Waals surface area contributed by atoms with Gasteiger partial charge in [0.15, 0.2) is 0 Å². The molecule has 166 valence electrons. The highest BCUT2D eigenvalue weighted by Gasteiger charge is 2.30. The van der Waals surface area contributed by atoms with E-state index in [0.29, 0.717) is 13.2 Å². The molecule has 3 heterocycles. The van der Waals surface area contributed by atoms with Crippen molar-refractivity contribution in [2.24, 2.45) is 0 Å². The van der Waals surface area contributed by atoms with Gasteiger partial charge in [0.1, 0.15) is 12.4 Å². The van der Waals surface area contributed by atoms with Gasteiger partial charge in [-0.15, -0.1) is 11.3 Å². The minimum atomic E-state index is -0.0859. The summed E-state index contributed by atoms with van der Waals surface area (Å²) in [5.41, 5.74) is 4.16. The second-order valence-electron chi connectivity index (χ2n) is 8.02. The number of amides is 1. The van der Waals surface area contributed by atoms with Gasteiger partial charge in [-0.1, -0.05) is 42.5 Å². The van der Waals surface area contributed by atoms with Crippen LogP contribution in [-0.4, -0.2) is 26.9 Å². The Morgan fingerprint density at radius 3 is 2.67 bits per heavy atom.